The number of nitrogens with one attached hydrogen (secondary N) is 2. The zero-order valence-electron chi connectivity index (χ0n) is 15.7. The molecule has 2 heterocycles. The standard InChI is InChI=1S/C20H16BrN3O6/c1-28-15-5-3-2-4-13(15)22-18(25)9-24-19(26)14(23-20(24)27)6-11-7-16-17(8-12(11)21)30-10-29-16/h2-8H,9-10H2,1H3,(H,22,25)(H,23,27)/b14-6-. The van der Waals surface area contributed by atoms with Crippen LogP contribution in [0.1, 0.15) is 5.56 Å². The minimum absolute atomic E-state index is 0.0460. The van der Waals surface area contributed by atoms with Gasteiger partial charge in [-0.25, -0.2) is 9.69 Å². The highest BCUT2D eigenvalue weighted by Crippen LogP contribution is 2.37. The van der Waals surface area contributed by atoms with E-state index in [2.05, 4.69) is 26.6 Å². The van der Waals surface area contributed by atoms with E-state index < -0.39 is 24.4 Å². The van der Waals surface area contributed by atoms with Crippen molar-refractivity contribution in [3.8, 4) is 17.2 Å². The van der Waals surface area contributed by atoms with Crippen molar-refractivity contribution in [2.24, 2.45) is 0 Å². The number of hydrogen-bond acceptors (Lipinski definition) is 6. The third-order valence-corrected chi connectivity index (χ3v) is 5.12. The van der Waals surface area contributed by atoms with Crippen LogP contribution in [0.4, 0.5) is 10.5 Å². The number of fused-ring (bicyclic) bond motifs is 1. The lowest BCUT2D eigenvalue weighted by Gasteiger charge is -2.13. The summed E-state index contributed by atoms with van der Waals surface area (Å²) in [5.41, 5.74) is 1.10. The van der Waals surface area contributed by atoms with Crippen LogP contribution in [0.2, 0.25) is 0 Å². The molecule has 2 aliphatic heterocycles. The monoisotopic (exact) mass is 473 g/mol. The lowest BCUT2D eigenvalue weighted by Crippen LogP contribution is -2.38. The number of carbonyl (C=O) groups is 3. The number of urea groups is 1. The van der Waals surface area contributed by atoms with Crippen LogP contribution in [0.3, 0.4) is 0 Å². The molecule has 154 valence electrons. The number of nitrogens with zero attached hydrogens (tertiary/aromatic N) is 1. The van der Waals surface area contributed by atoms with Gasteiger partial charge in [-0.05, 0) is 35.9 Å². The Balaban J connectivity index is 1.49. The number of carbonyl (C=O) groups excluding carboxylic acids is 3. The predicted octanol–water partition coefficient (Wildman–Crippen LogP) is 2.72. The van der Waals surface area contributed by atoms with Gasteiger partial charge >= 0.3 is 6.03 Å². The number of hydrogen-bond donors (Lipinski definition) is 2. The molecule has 2 N–H and O–H groups in total. The van der Waals surface area contributed by atoms with Crippen molar-refractivity contribution < 1.29 is 28.6 Å². The van der Waals surface area contributed by atoms with Crippen molar-refractivity contribution in [3.05, 3.63) is 52.1 Å². The number of para-hydroxylation sites is 2. The fraction of sp³-hybridized carbons (Fsp3) is 0.150. The summed E-state index contributed by atoms with van der Waals surface area (Å²) in [5.74, 6) is 0.444. The number of methoxy groups -OCH3 is 1. The predicted molar refractivity (Wildman–Crippen MR) is 110 cm³/mol. The van der Waals surface area contributed by atoms with Crippen LogP contribution in [0.5, 0.6) is 17.2 Å². The first-order valence-electron chi connectivity index (χ1n) is 8.83. The molecule has 0 spiro atoms. The van der Waals surface area contributed by atoms with E-state index in [-0.39, 0.29) is 12.5 Å². The van der Waals surface area contributed by atoms with Crippen LogP contribution in [0.25, 0.3) is 6.08 Å². The molecular weight excluding hydrogens is 458 g/mol. The van der Waals surface area contributed by atoms with Crippen molar-refractivity contribution in [3.63, 3.8) is 0 Å². The Morgan fingerprint density at radius 3 is 2.77 bits per heavy atom. The Morgan fingerprint density at radius 1 is 1.27 bits per heavy atom. The first-order valence-corrected chi connectivity index (χ1v) is 9.62. The van der Waals surface area contributed by atoms with Gasteiger partial charge in [0.1, 0.15) is 18.0 Å². The average Bonchev–Trinajstić information content (AvgIpc) is 3.28. The summed E-state index contributed by atoms with van der Waals surface area (Å²) in [6.45, 7) is -0.324. The van der Waals surface area contributed by atoms with Crippen LogP contribution >= 0.6 is 15.9 Å². The Kier molecular flexibility index (Phi) is 5.32. The van der Waals surface area contributed by atoms with Crippen molar-refractivity contribution >= 4 is 45.5 Å². The van der Waals surface area contributed by atoms with E-state index in [1.54, 1.807) is 36.4 Å². The molecule has 30 heavy (non-hydrogen) atoms. The summed E-state index contributed by atoms with van der Waals surface area (Å²) in [6, 6.07) is 9.56. The lowest BCUT2D eigenvalue weighted by atomic mass is 10.1. The summed E-state index contributed by atoms with van der Waals surface area (Å²) in [4.78, 5) is 38.1. The van der Waals surface area contributed by atoms with Gasteiger partial charge in [0.25, 0.3) is 5.91 Å². The zero-order valence-corrected chi connectivity index (χ0v) is 17.3. The molecule has 0 saturated carbocycles. The molecular formula is C20H16BrN3O6. The molecule has 0 unspecified atom stereocenters. The quantitative estimate of drug-likeness (QED) is 0.510. The van der Waals surface area contributed by atoms with Gasteiger partial charge in [0.15, 0.2) is 11.5 Å². The number of benzene rings is 2. The second-order valence-corrected chi connectivity index (χ2v) is 7.21. The van der Waals surface area contributed by atoms with Crippen LogP contribution in [0, 0.1) is 0 Å². The van der Waals surface area contributed by atoms with Gasteiger partial charge in [0, 0.05) is 4.47 Å². The summed E-state index contributed by atoms with van der Waals surface area (Å²) in [5, 5.41) is 5.13. The minimum Gasteiger partial charge on any atom is -0.495 e. The molecule has 2 aromatic rings. The van der Waals surface area contributed by atoms with Crippen LogP contribution in [-0.4, -0.2) is 43.2 Å². The third-order valence-electron chi connectivity index (χ3n) is 4.44. The average molecular weight is 474 g/mol. The molecule has 0 bridgehead atoms. The van der Waals surface area contributed by atoms with Crippen molar-refractivity contribution in [1.29, 1.82) is 0 Å². The normalized spacial score (nSPS) is 16.1. The molecule has 4 rings (SSSR count). The molecule has 4 amide bonds. The highest BCUT2D eigenvalue weighted by Gasteiger charge is 2.35. The number of anilines is 1. The molecule has 2 aromatic carbocycles. The molecule has 0 radical (unpaired) electrons. The topological polar surface area (TPSA) is 106 Å². The molecule has 0 atom stereocenters. The smallest absolute Gasteiger partial charge is 0.329 e. The summed E-state index contributed by atoms with van der Waals surface area (Å²) in [7, 11) is 1.48. The first-order chi connectivity index (χ1) is 14.5. The Hall–Kier alpha value is -3.53. The maximum Gasteiger partial charge on any atom is 0.329 e. The van der Waals surface area contributed by atoms with E-state index in [9.17, 15) is 14.4 Å². The summed E-state index contributed by atoms with van der Waals surface area (Å²) in [6.07, 6.45) is 1.50. The van der Waals surface area contributed by atoms with Crippen molar-refractivity contribution in [2.75, 3.05) is 25.8 Å². The first kappa shape index (κ1) is 19.8. The van der Waals surface area contributed by atoms with Gasteiger partial charge in [-0.1, -0.05) is 28.1 Å². The van der Waals surface area contributed by atoms with E-state index in [1.165, 1.54) is 13.2 Å². The van der Waals surface area contributed by atoms with Crippen molar-refractivity contribution in [1.82, 2.24) is 10.2 Å². The second-order valence-electron chi connectivity index (χ2n) is 6.35. The molecule has 9 nitrogen and oxygen atoms in total. The van der Waals surface area contributed by atoms with Crippen LogP contribution in [-0.2, 0) is 9.59 Å². The maximum atomic E-state index is 12.7. The highest BCUT2D eigenvalue weighted by atomic mass is 79.9. The number of amides is 4. The van der Waals surface area contributed by atoms with E-state index in [4.69, 9.17) is 14.2 Å². The Labute approximate surface area is 179 Å². The van der Waals surface area contributed by atoms with Crippen molar-refractivity contribution in [2.45, 2.75) is 0 Å². The van der Waals surface area contributed by atoms with Gasteiger partial charge < -0.3 is 24.8 Å². The van der Waals surface area contributed by atoms with Gasteiger partial charge in [0.05, 0.1) is 12.8 Å². The Morgan fingerprint density at radius 2 is 2.00 bits per heavy atom. The summed E-state index contributed by atoms with van der Waals surface area (Å²) < 4.78 is 16.5. The maximum absolute atomic E-state index is 12.7. The number of halogens is 1. The molecule has 1 saturated heterocycles. The fourth-order valence-electron chi connectivity index (χ4n) is 3.00. The zero-order chi connectivity index (χ0) is 21.3. The minimum atomic E-state index is -0.682. The van der Waals surface area contributed by atoms with E-state index >= 15 is 0 Å². The highest BCUT2D eigenvalue weighted by molar-refractivity contribution is 9.10. The van der Waals surface area contributed by atoms with Gasteiger partial charge in [-0.2, -0.15) is 0 Å². The van der Waals surface area contributed by atoms with Crippen LogP contribution in [0.15, 0.2) is 46.6 Å². The number of rotatable bonds is 5. The van der Waals surface area contributed by atoms with E-state index in [0.29, 0.717) is 33.0 Å². The van der Waals surface area contributed by atoms with Gasteiger partial charge in [0.2, 0.25) is 12.7 Å². The largest absolute Gasteiger partial charge is 0.495 e. The molecule has 10 heteroatoms. The molecule has 0 aliphatic carbocycles. The SMILES string of the molecule is COc1ccccc1NC(=O)CN1C(=O)N/C(=C\c2cc3c(cc2Br)OCO3)C1=O. The third kappa shape index (κ3) is 3.81. The molecule has 0 aromatic heterocycles. The molecule has 2 aliphatic rings. The summed E-state index contributed by atoms with van der Waals surface area (Å²) >= 11 is 3.40. The lowest BCUT2D eigenvalue weighted by molar-refractivity contribution is -0.127. The number of ether oxygens (including phenoxy) is 3. The Bertz CT molecular complexity index is 1080. The fourth-order valence-corrected chi connectivity index (χ4v) is 3.43. The van der Waals surface area contributed by atoms with Gasteiger partial charge in [-0.3, -0.25) is 9.59 Å². The van der Waals surface area contributed by atoms with Gasteiger partial charge in [-0.15, -0.1) is 0 Å². The number of imide groups is 1. The van der Waals surface area contributed by atoms with E-state index in [1.807, 2.05) is 0 Å². The van der Waals surface area contributed by atoms with Crippen LogP contribution < -0.4 is 24.8 Å². The van der Waals surface area contributed by atoms with E-state index in [0.717, 1.165) is 4.90 Å². The second kappa shape index (κ2) is 8.07. The molecule has 1 fully saturated rings.